The number of rotatable bonds is 14. The highest BCUT2D eigenvalue weighted by atomic mass is 79.9. The lowest BCUT2D eigenvalue weighted by Gasteiger charge is -2.38. The summed E-state index contributed by atoms with van der Waals surface area (Å²) in [5.41, 5.74) is -1.15. The summed E-state index contributed by atoms with van der Waals surface area (Å²) in [6.07, 6.45) is 7.53. The topological polar surface area (TPSA) is 96.4 Å². The van der Waals surface area contributed by atoms with Crippen molar-refractivity contribution in [1.29, 1.82) is 0 Å². The molecule has 0 aliphatic carbocycles. The third-order valence-corrected chi connectivity index (χ3v) is 8.31. The smallest absolute Gasteiger partial charge is 0.312 e. The summed E-state index contributed by atoms with van der Waals surface area (Å²) >= 11 is 3.65. The number of carbonyl (C=O) groups is 3. The molecule has 8 nitrogen and oxygen atoms in total. The second kappa shape index (κ2) is 12.0. The lowest BCUT2D eigenvalue weighted by atomic mass is 9.70. The van der Waals surface area contributed by atoms with E-state index in [-0.39, 0.29) is 29.9 Å². The summed E-state index contributed by atoms with van der Waals surface area (Å²) in [6, 6.07) is -1.52. The number of carbonyl (C=O) groups excluding carboxylic acids is 3. The van der Waals surface area contributed by atoms with E-state index in [9.17, 15) is 19.5 Å². The van der Waals surface area contributed by atoms with Crippen LogP contribution in [0.1, 0.15) is 52.4 Å². The molecule has 3 heterocycles. The molecule has 0 radical (unpaired) electrons. The van der Waals surface area contributed by atoms with Crippen molar-refractivity contribution in [3.05, 3.63) is 25.3 Å². The van der Waals surface area contributed by atoms with Crippen molar-refractivity contribution in [3.8, 4) is 0 Å². The van der Waals surface area contributed by atoms with E-state index < -0.39 is 41.6 Å². The number of hydrogen-bond acceptors (Lipinski definition) is 6. The van der Waals surface area contributed by atoms with Crippen molar-refractivity contribution in [2.75, 3.05) is 26.3 Å². The first kappa shape index (κ1) is 27.9. The predicted molar refractivity (Wildman–Crippen MR) is 136 cm³/mol. The van der Waals surface area contributed by atoms with Crippen molar-refractivity contribution in [3.63, 3.8) is 0 Å². The molecule has 1 spiro atoms. The van der Waals surface area contributed by atoms with Gasteiger partial charge in [0.1, 0.15) is 11.6 Å². The number of allylic oxidation sites excluding steroid dienone is 1. The van der Waals surface area contributed by atoms with Gasteiger partial charge in [0.25, 0.3) is 0 Å². The highest BCUT2D eigenvalue weighted by Crippen LogP contribution is 2.60. The first-order valence-electron chi connectivity index (χ1n) is 12.7. The molecule has 3 unspecified atom stereocenters. The Labute approximate surface area is 216 Å². The molecule has 196 valence electrons. The summed E-state index contributed by atoms with van der Waals surface area (Å²) in [6.45, 7) is 12.1. The number of fused-ring (bicyclic) bond motifs is 1. The summed E-state index contributed by atoms with van der Waals surface area (Å²) in [5.74, 6) is -2.65. The molecule has 1 N–H and O–H groups in total. The second-order valence-corrected chi connectivity index (χ2v) is 11.0. The number of esters is 1. The maximum Gasteiger partial charge on any atom is 0.312 e. The van der Waals surface area contributed by atoms with Crippen molar-refractivity contribution in [2.45, 2.75) is 81.0 Å². The van der Waals surface area contributed by atoms with Gasteiger partial charge in [-0.05, 0) is 32.6 Å². The maximum absolute atomic E-state index is 14.0. The van der Waals surface area contributed by atoms with E-state index in [0.717, 1.165) is 25.7 Å². The summed E-state index contributed by atoms with van der Waals surface area (Å²) < 4.78 is 12.0. The van der Waals surface area contributed by atoms with E-state index >= 15 is 0 Å². The molecule has 0 saturated carbocycles. The van der Waals surface area contributed by atoms with Crippen LogP contribution in [0.5, 0.6) is 0 Å². The van der Waals surface area contributed by atoms with Crippen LogP contribution in [0.25, 0.3) is 0 Å². The van der Waals surface area contributed by atoms with Gasteiger partial charge in [-0.1, -0.05) is 47.8 Å². The minimum absolute atomic E-state index is 0.190. The first-order chi connectivity index (χ1) is 16.8. The monoisotopic (exact) mass is 554 g/mol. The Morgan fingerprint density at radius 1 is 1.34 bits per heavy atom. The number of hydrogen-bond donors (Lipinski definition) is 1. The third kappa shape index (κ3) is 5.09. The molecule has 35 heavy (non-hydrogen) atoms. The van der Waals surface area contributed by atoms with Crippen molar-refractivity contribution >= 4 is 33.7 Å². The lowest BCUT2D eigenvalue weighted by molar-refractivity contribution is -0.156. The molecule has 0 aromatic carbocycles. The molecule has 3 aliphatic heterocycles. The second-order valence-electron chi connectivity index (χ2n) is 9.82. The molecule has 2 amide bonds. The van der Waals surface area contributed by atoms with Crippen LogP contribution in [0.15, 0.2) is 25.3 Å². The van der Waals surface area contributed by atoms with E-state index in [1.165, 1.54) is 4.90 Å². The molecule has 3 rings (SSSR count). The number of nitrogens with zero attached hydrogens (tertiary/aromatic N) is 2. The van der Waals surface area contributed by atoms with Crippen LogP contribution >= 0.6 is 15.9 Å². The van der Waals surface area contributed by atoms with Crippen LogP contribution in [0.4, 0.5) is 0 Å². The number of alkyl halides is 1. The number of unbranched alkanes of at least 4 members (excludes halogenated alkanes) is 3. The van der Waals surface area contributed by atoms with Crippen molar-refractivity contribution < 1.29 is 29.0 Å². The Bertz CT molecular complexity index is 822. The third-order valence-electron chi connectivity index (χ3n) is 7.46. The van der Waals surface area contributed by atoms with E-state index in [2.05, 4.69) is 36.0 Å². The number of aliphatic hydroxyl groups excluding tert-OH is 1. The van der Waals surface area contributed by atoms with Gasteiger partial charge in [0.2, 0.25) is 11.8 Å². The quantitative estimate of drug-likeness (QED) is 0.153. The largest absolute Gasteiger partial charge is 0.465 e. The number of ether oxygens (including phenoxy) is 2. The number of likely N-dealkylation sites (tertiary alicyclic amines) is 1. The van der Waals surface area contributed by atoms with Gasteiger partial charge in [-0.15, -0.1) is 13.2 Å². The molecule has 9 heteroatoms. The standard InChI is InChI=1S/C26H39BrN2O6/c1-5-8-10-13-28(12-7-3)24(32)22-26-15-18(27)21(35-26)19(25(33)34-14-11-9-6-2)20(26)23(31)29(22)17(4)16-30/h6-7,17-22,30H,2-3,5,8-16H2,1,4H3/t17-,18?,19+,20+,21+,22?,26?/m1/s1. The highest BCUT2D eigenvalue weighted by molar-refractivity contribution is 9.09. The van der Waals surface area contributed by atoms with Crippen molar-refractivity contribution in [2.24, 2.45) is 11.8 Å². The van der Waals surface area contributed by atoms with Gasteiger partial charge in [0.05, 0.1) is 37.2 Å². The van der Waals surface area contributed by atoms with Crippen LogP contribution in [0, 0.1) is 11.8 Å². The Morgan fingerprint density at radius 2 is 2.09 bits per heavy atom. The van der Waals surface area contributed by atoms with Gasteiger partial charge in [-0.2, -0.15) is 0 Å². The summed E-state index contributed by atoms with van der Waals surface area (Å²) in [7, 11) is 0. The van der Waals surface area contributed by atoms with Gasteiger partial charge < -0.3 is 24.4 Å². The van der Waals surface area contributed by atoms with Gasteiger partial charge >= 0.3 is 5.97 Å². The number of aliphatic hydroxyl groups is 1. The lowest BCUT2D eigenvalue weighted by Crippen LogP contribution is -2.58. The Morgan fingerprint density at radius 3 is 2.71 bits per heavy atom. The minimum Gasteiger partial charge on any atom is -0.465 e. The predicted octanol–water partition coefficient (Wildman–Crippen LogP) is 2.83. The molecular weight excluding hydrogens is 516 g/mol. The fraction of sp³-hybridized carbons (Fsp3) is 0.731. The fourth-order valence-electron chi connectivity index (χ4n) is 5.85. The molecule has 3 aliphatic rings. The zero-order chi connectivity index (χ0) is 25.8. The molecular formula is C26H39BrN2O6. The van der Waals surface area contributed by atoms with E-state index in [4.69, 9.17) is 9.47 Å². The summed E-state index contributed by atoms with van der Waals surface area (Å²) in [4.78, 5) is 44.0. The fourth-order valence-corrected chi connectivity index (χ4v) is 6.79. The van der Waals surface area contributed by atoms with Crippen LogP contribution in [0.2, 0.25) is 0 Å². The SMILES string of the molecule is C=CCCCOC(=O)[C@H]1[C@H]2C(=O)N([C@H](C)CO)C(C(=O)N(CC=C)CCCCC)C23CC(Br)[C@@H]1O3. The number of amides is 2. The zero-order valence-corrected chi connectivity index (χ0v) is 22.5. The molecule has 0 aromatic heterocycles. The van der Waals surface area contributed by atoms with Crippen LogP contribution in [-0.2, 0) is 23.9 Å². The molecule has 2 bridgehead atoms. The Balaban J connectivity index is 1.96. The molecule has 7 atom stereocenters. The molecule has 3 fully saturated rings. The van der Waals surface area contributed by atoms with Crippen molar-refractivity contribution in [1.82, 2.24) is 9.80 Å². The van der Waals surface area contributed by atoms with E-state index in [0.29, 0.717) is 25.9 Å². The normalized spacial score (nSPS) is 31.8. The summed E-state index contributed by atoms with van der Waals surface area (Å²) in [5, 5.41) is 9.97. The molecule has 0 aromatic rings. The van der Waals surface area contributed by atoms with Crippen LogP contribution in [0.3, 0.4) is 0 Å². The van der Waals surface area contributed by atoms with Gasteiger partial charge in [0, 0.05) is 17.9 Å². The average molecular weight is 556 g/mol. The van der Waals surface area contributed by atoms with E-state index in [1.807, 2.05) is 0 Å². The Hall–Kier alpha value is -1.71. The first-order valence-corrected chi connectivity index (χ1v) is 13.6. The Kier molecular flexibility index (Phi) is 9.57. The zero-order valence-electron chi connectivity index (χ0n) is 20.9. The van der Waals surface area contributed by atoms with Crippen LogP contribution < -0.4 is 0 Å². The number of halogens is 1. The maximum atomic E-state index is 14.0. The van der Waals surface area contributed by atoms with Crippen LogP contribution in [-0.4, -0.2) is 87.6 Å². The van der Waals surface area contributed by atoms with E-state index in [1.54, 1.807) is 24.0 Å². The average Bonchev–Trinajstić information content (AvgIpc) is 3.43. The molecule has 3 saturated heterocycles. The van der Waals surface area contributed by atoms with Gasteiger partial charge in [0.15, 0.2) is 0 Å². The van der Waals surface area contributed by atoms with Gasteiger partial charge in [-0.3, -0.25) is 14.4 Å². The minimum atomic E-state index is -1.15. The van der Waals surface area contributed by atoms with Gasteiger partial charge in [-0.25, -0.2) is 0 Å². The highest BCUT2D eigenvalue weighted by Gasteiger charge is 2.77.